The maximum atomic E-state index is 13.4. The molecule has 1 aromatic carbocycles. The van der Waals surface area contributed by atoms with E-state index in [0.29, 0.717) is 28.5 Å². The lowest BCUT2D eigenvalue weighted by Gasteiger charge is -2.22. The number of alkyl halides is 3. The van der Waals surface area contributed by atoms with E-state index in [2.05, 4.69) is 19.9 Å². The number of nitrogens with zero attached hydrogens (tertiary/aromatic N) is 5. The van der Waals surface area contributed by atoms with Crippen LogP contribution in [-0.2, 0) is 19.3 Å². The molecule has 0 saturated heterocycles. The van der Waals surface area contributed by atoms with Gasteiger partial charge < -0.3 is 10.6 Å². The zero-order valence-corrected chi connectivity index (χ0v) is 17.8. The molecular weight excluding hydrogens is 452 g/mol. The van der Waals surface area contributed by atoms with Crippen molar-refractivity contribution in [1.29, 1.82) is 0 Å². The summed E-state index contributed by atoms with van der Waals surface area (Å²) in [6.07, 6.45) is -1.88. The van der Waals surface area contributed by atoms with E-state index in [1.54, 1.807) is 31.2 Å². The Hall–Kier alpha value is -4.15. The third-order valence-corrected chi connectivity index (χ3v) is 5.09. The quantitative estimate of drug-likeness (QED) is 0.437. The number of benzene rings is 1. The van der Waals surface area contributed by atoms with Gasteiger partial charge in [-0.3, -0.25) is 9.78 Å². The predicted molar refractivity (Wildman–Crippen MR) is 116 cm³/mol. The first kappa shape index (κ1) is 23.0. The molecule has 0 radical (unpaired) electrons. The minimum absolute atomic E-state index is 0.112. The fourth-order valence-electron chi connectivity index (χ4n) is 3.28. The van der Waals surface area contributed by atoms with Crippen molar-refractivity contribution in [3.8, 4) is 0 Å². The molecule has 0 spiro atoms. The molecule has 0 aliphatic heterocycles. The maximum absolute atomic E-state index is 13.4. The van der Waals surface area contributed by atoms with Gasteiger partial charge >= 0.3 is 6.18 Å². The van der Waals surface area contributed by atoms with Crippen LogP contribution in [0.2, 0.25) is 0 Å². The summed E-state index contributed by atoms with van der Waals surface area (Å²) in [4.78, 5) is 30.6. The minimum Gasteiger partial charge on any atom is -0.383 e. The maximum Gasteiger partial charge on any atom is 0.417 e. The number of carbonyl (C=O) groups is 1. The zero-order chi connectivity index (χ0) is 24.5. The Morgan fingerprint density at radius 2 is 1.74 bits per heavy atom. The van der Waals surface area contributed by atoms with Crippen molar-refractivity contribution in [2.45, 2.75) is 26.2 Å². The highest BCUT2D eigenvalue weighted by Crippen LogP contribution is 2.28. The number of rotatable bonds is 5. The molecule has 3 aromatic heterocycles. The lowest BCUT2D eigenvalue weighted by atomic mass is 10.1. The Morgan fingerprint density at radius 1 is 1.00 bits per heavy atom. The molecule has 0 aliphatic carbocycles. The smallest absolute Gasteiger partial charge is 0.383 e. The summed E-state index contributed by atoms with van der Waals surface area (Å²) in [5, 5.41) is 0.697. The zero-order valence-electron chi connectivity index (χ0n) is 17.8. The molecule has 0 aliphatic rings. The van der Waals surface area contributed by atoms with E-state index < -0.39 is 23.5 Å². The summed E-state index contributed by atoms with van der Waals surface area (Å²) in [5.41, 5.74) is 6.86. The molecule has 34 heavy (non-hydrogen) atoms. The monoisotopic (exact) mass is 470 g/mol. The molecule has 4 rings (SSSR count). The summed E-state index contributed by atoms with van der Waals surface area (Å²) in [6, 6.07) is 8.78. The van der Waals surface area contributed by atoms with Crippen LogP contribution in [-0.4, -0.2) is 30.7 Å². The predicted octanol–water partition coefficient (Wildman–Crippen LogP) is 4.31. The van der Waals surface area contributed by atoms with Crippen LogP contribution < -0.4 is 5.73 Å². The fraction of sp³-hybridized carbons (Fsp3) is 0.174. The number of halogens is 4. The summed E-state index contributed by atoms with van der Waals surface area (Å²) < 4.78 is 51.8. The molecule has 4 aromatic rings. The highest BCUT2D eigenvalue weighted by Gasteiger charge is 2.30. The number of pyridine rings is 2. The van der Waals surface area contributed by atoms with Gasteiger partial charge in [0.05, 0.1) is 42.3 Å². The Morgan fingerprint density at radius 3 is 2.38 bits per heavy atom. The molecule has 0 unspecified atom stereocenters. The Kier molecular flexibility index (Phi) is 6.10. The van der Waals surface area contributed by atoms with Crippen molar-refractivity contribution < 1.29 is 22.4 Å². The third kappa shape index (κ3) is 5.08. The van der Waals surface area contributed by atoms with Crippen molar-refractivity contribution in [1.82, 2.24) is 24.8 Å². The minimum atomic E-state index is -4.52. The molecule has 0 fully saturated rings. The van der Waals surface area contributed by atoms with Gasteiger partial charge in [-0.25, -0.2) is 19.3 Å². The van der Waals surface area contributed by atoms with Gasteiger partial charge in [-0.1, -0.05) is 0 Å². The number of aromatic nitrogens is 4. The number of fused-ring (bicyclic) bond motifs is 1. The number of nitrogens with two attached hydrogens (primary N) is 1. The van der Waals surface area contributed by atoms with Gasteiger partial charge in [0.15, 0.2) is 5.82 Å². The number of anilines is 1. The SMILES string of the molecule is Cc1cc2cc(C(=O)N(Cc3ccc(C(F)(F)F)cn3)Cc3ncc(F)cn3)ccc2nc1N. The van der Waals surface area contributed by atoms with Gasteiger partial charge in [-0.05, 0) is 48.9 Å². The molecule has 0 bridgehead atoms. The summed E-state index contributed by atoms with van der Waals surface area (Å²) >= 11 is 0. The largest absolute Gasteiger partial charge is 0.417 e. The van der Waals surface area contributed by atoms with Crippen LogP contribution in [0, 0.1) is 12.7 Å². The van der Waals surface area contributed by atoms with Gasteiger partial charge in [0.1, 0.15) is 11.6 Å². The topological polar surface area (TPSA) is 97.9 Å². The standard InChI is InChI=1S/C23H18F4N6O/c1-13-6-15-7-14(2-5-19(15)32-21(13)28)22(34)33(12-20-30-9-17(24)10-31-20)11-18-4-3-16(8-29-18)23(25,26)27/h2-10H,11-12H2,1H3,(H2,28,32). The van der Waals surface area contributed by atoms with Gasteiger partial charge in [-0.2, -0.15) is 13.2 Å². The van der Waals surface area contributed by atoms with E-state index in [0.717, 1.165) is 24.0 Å². The van der Waals surface area contributed by atoms with Crippen LogP contribution in [0.25, 0.3) is 10.9 Å². The van der Waals surface area contributed by atoms with Gasteiger partial charge in [-0.15, -0.1) is 0 Å². The molecule has 174 valence electrons. The van der Waals surface area contributed by atoms with E-state index in [1.165, 1.54) is 11.0 Å². The Labute approximate surface area is 191 Å². The van der Waals surface area contributed by atoms with E-state index in [4.69, 9.17) is 5.73 Å². The average Bonchev–Trinajstić information content (AvgIpc) is 2.80. The van der Waals surface area contributed by atoms with Crippen molar-refractivity contribution >= 4 is 22.6 Å². The summed E-state index contributed by atoms with van der Waals surface area (Å²) in [6.45, 7) is 1.57. The average molecular weight is 470 g/mol. The van der Waals surface area contributed by atoms with E-state index in [1.807, 2.05) is 0 Å². The van der Waals surface area contributed by atoms with Gasteiger partial charge in [0.2, 0.25) is 0 Å². The van der Waals surface area contributed by atoms with Crippen molar-refractivity contribution in [2.24, 2.45) is 0 Å². The number of aryl methyl sites for hydroxylation is 1. The third-order valence-electron chi connectivity index (χ3n) is 5.09. The highest BCUT2D eigenvalue weighted by atomic mass is 19.4. The second kappa shape index (κ2) is 9.00. The van der Waals surface area contributed by atoms with E-state index in [-0.39, 0.29) is 24.6 Å². The molecule has 7 nitrogen and oxygen atoms in total. The van der Waals surface area contributed by atoms with Gasteiger partial charge in [0.25, 0.3) is 5.91 Å². The molecule has 0 saturated carbocycles. The fourth-order valence-corrected chi connectivity index (χ4v) is 3.28. The Bertz CT molecular complexity index is 1340. The van der Waals surface area contributed by atoms with E-state index in [9.17, 15) is 22.4 Å². The van der Waals surface area contributed by atoms with Crippen molar-refractivity contribution in [3.63, 3.8) is 0 Å². The second-order valence-corrected chi connectivity index (χ2v) is 7.61. The molecular formula is C23H18F4N6O. The Balaban J connectivity index is 1.66. The first-order chi connectivity index (χ1) is 16.1. The van der Waals surface area contributed by atoms with Crippen molar-refractivity contribution in [2.75, 3.05) is 5.73 Å². The van der Waals surface area contributed by atoms with Crippen LogP contribution >= 0.6 is 0 Å². The van der Waals surface area contributed by atoms with Crippen LogP contribution in [0.5, 0.6) is 0 Å². The van der Waals surface area contributed by atoms with Crippen LogP contribution in [0.1, 0.15) is 33.0 Å². The van der Waals surface area contributed by atoms with Gasteiger partial charge in [0, 0.05) is 17.1 Å². The first-order valence-electron chi connectivity index (χ1n) is 10.0. The lowest BCUT2D eigenvalue weighted by Crippen LogP contribution is -2.31. The molecule has 1 amide bonds. The summed E-state index contributed by atoms with van der Waals surface area (Å²) in [5.74, 6) is -0.531. The van der Waals surface area contributed by atoms with E-state index >= 15 is 0 Å². The molecule has 3 heterocycles. The van der Waals surface area contributed by atoms with Crippen LogP contribution in [0.4, 0.5) is 23.4 Å². The van der Waals surface area contributed by atoms with Crippen LogP contribution in [0.3, 0.4) is 0 Å². The number of amides is 1. The van der Waals surface area contributed by atoms with Crippen molar-refractivity contribution in [3.05, 3.63) is 89.0 Å². The molecule has 2 N–H and O–H groups in total. The molecule has 11 heteroatoms. The number of hydrogen-bond donors (Lipinski definition) is 1. The summed E-state index contributed by atoms with van der Waals surface area (Å²) in [7, 11) is 0. The number of nitrogen functional groups attached to an aromatic ring is 1. The number of hydrogen-bond acceptors (Lipinski definition) is 6. The second-order valence-electron chi connectivity index (χ2n) is 7.61. The lowest BCUT2D eigenvalue weighted by molar-refractivity contribution is -0.137. The van der Waals surface area contributed by atoms with Crippen LogP contribution in [0.15, 0.2) is 55.0 Å². The molecule has 0 atom stereocenters. The highest BCUT2D eigenvalue weighted by molar-refractivity contribution is 5.98. The normalized spacial score (nSPS) is 11.6. The first-order valence-corrected chi connectivity index (χ1v) is 10.0. The number of carbonyl (C=O) groups excluding carboxylic acids is 1.